The SMILES string of the molecule is Cn1c(=O)c2sccc2n(CC(=O)NCCc2ccc(Cl)cc2)c1=O. The summed E-state index contributed by atoms with van der Waals surface area (Å²) in [4.78, 5) is 36.5. The fraction of sp³-hybridized carbons (Fsp3) is 0.235. The van der Waals surface area contributed by atoms with Gasteiger partial charge in [0.1, 0.15) is 11.2 Å². The number of fused-ring (bicyclic) bond motifs is 1. The summed E-state index contributed by atoms with van der Waals surface area (Å²) in [5.74, 6) is -0.276. The van der Waals surface area contributed by atoms with Gasteiger partial charge in [-0.2, -0.15) is 0 Å². The zero-order valence-corrected chi connectivity index (χ0v) is 15.1. The van der Waals surface area contributed by atoms with Gasteiger partial charge in [-0.05, 0) is 35.6 Å². The number of nitrogens with one attached hydrogen (secondary N) is 1. The van der Waals surface area contributed by atoms with E-state index in [9.17, 15) is 14.4 Å². The zero-order valence-electron chi connectivity index (χ0n) is 13.5. The topological polar surface area (TPSA) is 73.1 Å². The van der Waals surface area contributed by atoms with Gasteiger partial charge in [-0.15, -0.1) is 11.3 Å². The molecule has 2 heterocycles. The van der Waals surface area contributed by atoms with E-state index < -0.39 is 5.69 Å². The third-order valence-electron chi connectivity index (χ3n) is 3.90. The number of nitrogens with zero attached hydrogens (tertiary/aromatic N) is 2. The second-order valence-electron chi connectivity index (χ2n) is 5.59. The number of carbonyl (C=O) groups excluding carboxylic acids is 1. The van der Waals surface area contributed by atoms with Gasteiger partial charge >= 0.3 is 5.69 Å². The lowest BCUT2D eigenvalue weighted by Gasteiger charge is -2.10. The second-order valence-corrected chi connectivity index (χ2v) is 6.95. The Kier molecular flexibility index (Phi) is 5.06. The first kappa shape index (κ1) is 17.4. The van der Waals surface area contributed by atoms with Gasteiger partial charge < -0.3 is 5.32 Å². The van der Waals surface area contributed by atoms with Crippen molar-refractivity contribution in [2.45, 2.75) is 13.0 Å². The van der Waals surface area contributed by atoms with Gasteiger partial charge in [0.25, 0.3) is 5.56 Å². The van der Waals surface area contributed by atoms with Crippen LogP contribution in [-0.4, -0.2) is 21.6 Å². The van der Waals surface area contributed by atoms with E-state index in [0.29, 0.717) is 28.2 Å². The van der Waals surface area contributed by atoms with Gasteiger partial charge in [0.15, 0.2) is 0 Å². The monoisotopic (exact) mass is 377 g/mol. The molecule has 0 atom stereocenters. The van der Waals surface area contributed by atoms with Gasteiger partial charge in [-0.1, -0.05) is 23.7 Å². The third kappa shape index (κ3) is 3.67. The predicted molar refractivity (Wildman–Crippen MR) is 99.5 cm³/mol. The highest BCUT2D eigenvalue weighted by molar-refractivity contribution is 7.17. The van der Waals surface area contributed by atoms with E-state index in [1.807, 2.05) is 12.1 Å². The number of rotatable bonds is 5. The molecule has 25 heavy (non-hydrogen) atoms. The molecule has 3 aromatic rings. The van der Waals surface area contributed by atoms with Crippen LogP contribution >= 0.6 is 22.9 Å². The summed E-state index contributed by atoms with van der Waals surface area (Å²) in [7, 11) is 1.42. The van der Waals surface area contributed by atoms with Gasteiger partial charge in [-0.3, -0.25) is 18.7 Å². The number of amides is 1. The first-order valence-electron chi connectivity index (χ1n) is 7.65. The quantitative estimate of drug-likeness (QED) is 0.736. The normalized spacial score (nSPS) is 11.0. The summed E-state index contributed by atoms with van der Waals surface area (Å²) in [6.45, 7) is 0.328. The van der Waals surface area contributed by atoms with Crippen molar-refractivity contribution in [1.29, 1.82) is 0 Å². The van der Waals surface area contributed by atoms with Gasteiger partial charge in [0.05, 0.1) is 5.52 Å². The van der Waals surface area contributed by atoms with Crippen LogP contribution in [0.15, 0.2) is 45.3 Å². The number of aromatic nitrogens is 2. The molecule has 0 saturated carbocycles. The highest BCUT2D eigenvalue weighted by atomic mass is 35.5. The van der Waals surface area contributed by atoms with Gasteiger partial charge in [0.2, 0.25) is 5.91 Å². The molecule has 0 radical (unpaired) electrons. The number of hydrogen-bond acceptors (Lipinski definition) is 4. The fourth-order valence-corrected chi connectivity index (χ4v) is 3.54. The van der Waals surface area contributed by atoms with E-state index in [0.717, 1.165) is 10.1 Å². The molecule has 2 aromatic heterocycles. The Balaban J connectivity index is 1.70. The maximum Gasteiger partial charge on any atom is 0.331 e. The van der Waals surface area contributed by atoms with Crippen LogP contribution in [0.2, 0.25) is 5.02 Å². The standard InChI is InChI=1S/C17H16ClN3O3S/c1-20-16(23)15-13(7-9-25-15)21(17(20)24)10-14(22)19-8-6-11-2-4-12(18)5-3-11/h2-5,7,9H,6,8,10H2,1H3,(H,19,22). The Morgan fingerprint density at radius 2 is 1.92 bits per heavy atom. The largest absolute Gasteiger partial charge is 0.354 e. The average Bonchev–Trinajstić information content (AvgIpc) is 3.08. The molecule has 0 fully saturated rings. The summed E-state index contributed by atoms with van der Waals surface area (Å²) < 4.78 is 2.82. The Morgan fingerprint density at radius 1 is 1.20 bits per heavy atom. The molecule has 0 aliphatic heterocycles. The van der Waals surface area contributed by atoms with E-state index in [4.69, 9.17) is 11.6 Å². The highest BCUT2D eigenvalue weighted by Crippen LogP contribution is 2.14. The van der Waals surface area contributed by atoms with Crippen molar-refractivity contribution in [3.63, 3.8) is 0 Å². The summed E-state index contributed by atoms with van der Waals surface area (Å²) in [5, 5.41) is 5.20. The fourth-order valence-electron chi connectivity index (χ4n) is 2.55. The zero-order chi connectivity index (χ0) is 18.0. The van der Waals surface area contributed by atoms with Crippen molar-refractivity contribution in [1.82, 2.24) is 14.5 Å². The second kappa shape index (κ2) is 7.25. The van der Waals surface area contributed by atoms with Crippen LogP contribution in [0.4, 0.5) is 0 Å². The average molecular weight is 378 g/mol. The first-order valence-corrected chi connectivity index (χ1v) is 8.91. The number of thiophene rings is 1. The molecule has 1 aromatic carbocycles. The summed E-state index contributed by atoms with van der Waals surface area (Å²) in [6.07, 6.45) is 0.666. The lowest BCUT2D eigenvalue weighted by molar-refractivity contribution is -0.121. The first-order chi connectivity index (χ1) is 12.0. The van der Waals surface area contributed by atoms with Crippen molar-refractivity contribution < 1.29 is 4.79 Å². The maximum atomic E-state index is 12.3. The summed E-state index contributed by atoms with van der Waals surface area (Å²) in [6, 6.07) is 9.09. The third-order valence-corrected chi connectivity index (χ3v) is 5.05. The molecule has 0 spiro atoms. The Bertz CT molecular complexity index is 1030. The molecule has 8 heteroatoms. The summed E-state index contributed by atoms with van der Waals surface area (Å²) in [5.41, 5.74) is 0.716. The molecular weight excluding hydrogens is 362 g/mol. The van der Waals surface area contributed by atoms with Crippen molar-refractivity contribution >= 4 is 39.1 Å². The minimum absolute atomic E-state index is 0.124. The molecule has 0 aliphatic carbocycles. The smallest absolute Gasteiger partial charge is 0.331 e. The number of halogens is 1. The molecule has 3 rings (SSSR count). The minimum Gasteiger partial charge on any atom is -0.354 e. The molecule has 130 valence electrons. The van der Waals surface area contributed by atoms with E-state index in [2.05, 4.69) is 5.32 Å². The van der Waals surface area contributed by atoms with Crippen molar-refractivity contribution in [3.8, 4) is 0 Å². The molecule has 1 amide bonds. The molecule has 1 N–H and O–H groups in total. The maximum absolute atomic E-state index is 12.3. The molecule has 0 aliphatic rings. The number of benzene rings is 1. The Morgan fingerprint density at radius 3 is 2.64 bits per heavy atom. The van der Waals surface area contributed by atoms with E-state index in [1.54, 1.807) is 23.6 Å². The van der Waals surface area contributed by atoms with Crippen LogP contribution in [0.25, 0.3) is 10.2 Å². The minimum atomic E-state index is -0.497. The van der Waals surface area contributed by atoms with Crippen LogP contribution in [0.1, 0.15) is 5.56 Å². The molecule has 6 nitrogen and oxygen atoms in total. The van der Waals surface area contributed by atoms with Gasteiger partial charge in [0, 0.05) is 18.6 Å². The van der Waals surface area contributed by atoms with Crippen LogP contribution in [0.3, 0.4) is 0 Å². The number of carbonyl (C=O) groups is 1. The predicted octanol–water partition coefficient (Wildman–Crippen LogP) is 1.77. The lowest BCUT2D eigenvalue weighted by atomic mass is 10.1. The van der Waals surface area contributed by atoms with Crippen LogP contribution in [0.5, 0.6) is 0 Å². The Hall–Kier alpha value is -2.38. The van der Waals surface area contributed by atoms with E-state index in [1.165, 1.54) is 23.0 Å². The van der Waals surface area contributed by atoms with Gasteiger partial charge in [-0.25, -0.2) is 4.79 Å². The Labute approximate surface area is 152 Å². The lowest BCUT2D eigenvalue weighted by Crippen LogP contribution is -2.41. The van der Waals surface area contributed by atoms with Crippen LogP contribution in [0, 0.1) is 0 Å². The highest BCUT2D eigenvalue weighted by Gasteiger charge is 2.14. The molecule has 0 saturated heterocycles. The van der Waals surface area contributed by atoms with Crippen LogP contribution < -0.4 is 16.6 Å². The van der Waals surface area contributed by atoms with Crippen LogP contribution in [-0.2, 0) is 24.8 Å². The molecular formula is C17H16ClN3O3S. The molecule has 0 bridgehead atoms. The molecule has 0 unspecified atom stereocenters. The van der Waals surface area contributed by atoms with E-state index in [-0.39, 0.29) is 18.0 Å². The van der Waals surface area contributed by atoms with E-state index >= 15 is 0 Å². The van der Waals surface area contributed by atoms with Crippen molar-refractivity contribution in [3.05, 3.63) is 67.1 Å². The van der Waals surface area contributed by atoms with Crippen molar-refractivity contribution in [2.75, 3.05) is 6.54 Å². The van der Waals surface area contributed by atoms with Crippen molar-refractivity contribution in [2.24, 2.45) is 7.05 Å². The number of hydrogen-bond donors (Lipinski definition) is 1. The summed E-state index contributed by atoms with van der Waals surface area (Å²) >= 11 is 7.10.